The molecule has 0 N–H and O–H groups in total. The van der Waals surface area contributed by atoms with Crippen LogP contribution in [0.25, 0.3) is 9.81 Å². The molecular weight excluding hydrogens is 579 g/mol. The van der Waals surface area contributed by atoms with Crippen molar-refractivity contribution in [1.29, 1.82) is 0 Å². The van der Waals surface area contributed by atoms with Crippen LogP contribution in [0.2, 0.25) is 0 Å². The van der Waals surface area contributed by atoms with E-state index in [0.717, 1.165) is 12.8 Å². The molecule has 1 aliphatic heterocycles. The van der Waals surface area contributed by atoms with Crippen molar-refractivity contribution in [3.63, 3.8) is 0 Å². The molecule has 0 nitrogen and oxygen atoms in total. The molecule has 0 aromatic heterocycles. The van der Waals surface area contributed by atoms with Crippen LogP contribution in [0.1, 0.15) is 45.2 Å². The van der Waals surface area contributed by atoms with E-state index in [4.69, 9.17) is 0 Å². The monoisotopic (exact) mass is 600 g/mol. The molecule has 7 rings (SSSR count). The van der Waals surface area contributed by atoms with Crippen molar-refractivity contribution in [3.8, 4) is 0 Å². The second-order valence-electron chi connectivity index (χ2n) is 9.37. The van der Waals surface area contributed by atoms with Gasteiger partial charge in [-0.15, -0.1) is 0 Å². The Balaban J connectivity index is 0.00000133. The Kier molecular flexibility index (Phi) is 7.80. The van der Waals surface area contributed by atoms with Gasteiger partial charge in [0.1, 0.15) is 0 Å². The molecule has 0 saturated heterocycles. The molecule has 0 bridgehead atoms. The average molecular weight is 603 g/mol. The Morgan fingerprint density at radius 1 is 0.500 bits per heavy atom. The number of hydrogen-bond acceptors (Lipinski definition) is 1. The second kappa shape index (κ2) is 10.9. The first-order valence-electron chi connectivity index (χ1n) is 12.1. The quantitative estimate of drug-likeness (QED) is 0.346. The number of benzene rings is 4. The van der Waals surface area contributed by atoms with Crippen LogP contribution in [0.4, 0.5) is 0 Å². The fraction of sp³-hybridized carbons (Fsp3) is 0.125. The zero-order valence-electron chi connectivity index (χ0n) is 19.6. The van der Waals surface area contributed by atoms with Crippen LogP contribution in [0.15, 0.2) is 116 Å². The zero-order chi connectivity index (χ0) is 22.5. The van der Waals surface area contributed by atoms with Crippen LogP contribution in [-0.4, -0.2) is 0 Å². The van der Waals surface area contributed by atoms with Gasteiger partial charge >= 0.3 is 219 Å². The summed E-state index contributed by atoms with van der Waals surface area (Å²) in [7, 11) is 0. The summed E-state index contributed by atoms with van der Waals surface area (Å²) in [5, 5.41) is 0. The fourth-order valence-electron chi connectivity index (χ4n) is 5.81. The van der Waals surface area contributed by atoms with Crippen LogP contribution in [-0.2, 0) is 36.1 Å². The number of halogens is 2. The van der Waals surface area contributed by atoms with E-state index in [1.807, 2.05) is 6.56 Å². The molecule has 4 aromatic rings. The number of hydrogen-bond donors (Lipinski definition) is 0. The van der Waals surface area contributed by atoms with E-state index in [2.05, 4.69) is 121 Å². The summed E-state index contributed by atoms with van der Waals surface area (Å²) in [6, 6.07) is 40.7. The molecule has 0 spiro atoms. The molecule has 2 atom stereocenters. The van der Waals surface area contributed by atoms with Gasteiger partial charge in [-0.05, 0) is 0 Å². The Labute approximate surface area is 241 Å². The zero-order valence-corrected chi connectivity index (χ0v) is 24.4. The number of rotatable bonds is 4. The van der Waals surface area contributed by atoms with Gasteiger partial charge in [0.15, 0.2) is 0 Å². The maximum atomic E-state index is 2.39. The Morgan fingerprint density at radius 2 is 0.889 bits per heavy atom. The fourth-order valence-corrected chi connectivity index (χ4v) is 12.5. The van der Waals surface area contributed by atoms with Crippen molar-refractivity contribution in [2.24, 2.45) is 0 Å². The first-order valence-corrected chi connectivity index (χ1v) is 15.3. The number of fused-ring (bicyclic) bond motifs is 4. The molecule has 1 heterocycles. The van der Waals surface area contributed by atoms with Crippen LogP contribution in [0, 0.1) is 0 Å². The number of allylic oxidation sites excluding steroid dienone is 2. The van der Waals surface area contributed by atoms with Crippen LogP contribution < -0.4 is 24.8 Å². The standard InChI is InChI=1S/C32H24S.2ClH.Zr/c1-3-11-23(12-4-1)19-25-21-31(29-17-9-7-15-27(25)29)33-32-22-26(20-24-13-5-2-6-14-24)28-16-8-10-18-30(28)32;;;/h1-18,25-26H,19-20H2;2*1H;/q;;;+2/p-2. The van der Waals surface area contributed by atoms with Gasteiger partial charge < -0.3 is 24.8 Å². The minimum absolute atomic E-state index is 0. The van der Waals surface area contributed by atoms with E-state index in [1.165, 1.54) is 22.3 Å². The van der Waals surface area contributed by atoms with Gasteiger partial charge in [0.05, 0.1) is 0 Å². The maximum absolute atomic E-state index is 2.39. The molecule has 0 amide bonds. The van der Waals surface area contributed by atoms with Gasteiger partial charge in [0, 0.05) is 0 Å². The molecule has 4 heteroatoms. The molecule has 176 valence electrons. The third-order valence-electron chi connectivity index (χ3n) is 7.39. The molecule has 0 saturated carbocycles. The SMILES string of the molecule is [Cl-].[Cl-].c1ccc(CC2[C]3=C(SC4=[C]([Zr+2]3)C(Cc3ccccc3)c3ccccc34)c3ccccc32)cc1. The van der Waals surface area contributed by atoms with Gasteiger partial charge in [-0.1, -0.05) is 0 Å². The average Bonchev–Trinajstić information content (AvgIpc) is 3.37. The summed E-state index contributed by atoms with van der Waals surface area (Å²) in [6.45, 7) is 0. The Bertz CT molecular complexity index is 1350. The molecular formula is C32H24Cl2SZr. The van der Waals surface area contributed by atoms with Gasteiger partial charge in [-0.25, -0.2) is 0 Å². The van der Waals surface area contributed by atoms with E-state index in [1.54, 1.807) is 20.9 Å². The minimum atomic E-state index is -0.918. The van der Waals surface area contributed by atoms with E-state index in [9.17, 15) is 0 Å². The Morgan fingerprint density at radius 3 is 1.33 bits per heavy atom. The summed E-state index contributed by atoms with van der Waals surface area (Å²) in [4.78, 5) is 3.19. The van der Waals surface area contributed by atoms with Crippen LogP contribution >= 0.6 is 11.8 Å². The normalized spacial score (nSPS) is 18.6. The first-order chi connectivity index (χ1) is 16.9. The molecule has 36 heavy (non-hydrogen) atoms. The van der Waals surface area contributed by atoms with Crippen molar-refractivity contribution in [1.82, 2.24) is 0 Å². The van der Waals surface area contributed by atoms with E-state index in [0.29, 0.717) is 11.8 Å². The predicted molar refractivity (Wildman–Crippen MR) is 140 cm³/mol. The molecule has 2 unspecified atom stereocenters. The van der Waals surface area contributed by atoms with Gasteiger partial charge in [0.25, 0.3) is 0 Å². The summed E-state index contributed by atoms with van der Waals surface area (Å²) in [6.07, 6.45) is 2.24. The molecule has 3 aliphatic rings. The second-order valence-corrected chi connectivity index (χ2v) is 13.7. The first kappa shape index (κ1) is 25.8. The topological polar surface area (TPSA) is 0 Å². The van der Waals surface area contributed by atoms with E-state index < -0.39 is 23.2 Å². The van der Waals surface area contributed by atoms with Crippen LogP contribution in [0.5, 0.6) is 0 Å². The number of thioether (sulfide) groups is 1. The van der Waals surface area contributed by atoms with E-state index >= 15 is 0 Å². The van der Waals surface area contributed by atoms with Crippen molar-refractivity contribution >= 4 is 21.6 Å². The van der Waals surface area contributed by atoms with Gasteiger partial charge in [-0.2, -0.15) is 0 Å². The summed E-state index contributed by atoms with van der Waals surface area (Å²) in [5.74, 6) is 1.09. The summed E-state index contributed by atoms with van der Waals surface area (Å²) in [5.41, 5.74) is 9.02. The summed E-state index contributed by atoms with van der Waals surface area (Å²) < 4.78 is 3.62. The van der Waals surface area contributed by atoms with Crippen molar-refractivity contribution in [3.05, 3.63) is 149 Å². The van der Waals surface area contributed by atoms with Gasteiger partial charge in [-0.3, -0.25) is 0 Å². The van der Waals surface area contributed by atoms with Crippen LogP contribution in [0.3, 0.4) is 0 Å². The van der Waals surface area contributed by atoms with Crippen molar-refractivity contribution in [2.75, 3.05) is 0 Å². The molecule has 0 radical (unpaired) electrons. The summed E-state index contributed by atoms with van der Waals surface area (Å²) >= 11 is 1.17. The van der Waals surface area contributed by atoms with Crippen molar-refractivity contribution in [2.45, 2.75) is 24.7 Å². The molecule has 2 aliphatic carbocycles. The van der Waals surface area contributed by atoms with Gasteiger partial charge in [0.2, 0.25) is 0 Å². The third kappa shape index (κ3) is 4.41. The van der Waals surface area contributed by atoms with Crippen molar-refractivity contribution < 1.29 is 48.0 Å². The van der Waals surface area contributed by atoms with E-state index in [-0.39, 0.29) is 24.8 Å². The Hall–Kier alpha value is -1.83. The third-order valence-corrected chi connectivity index (χ3v) is 13.8. The predicted octanol–water partition coefficient (Wildman–Crippen LogP) is 2.24. The molecule has 4 aromatic carbocycles. The molecule has 0 fully saturated rings.